The Morgan fingerprint density at radius 2 is 1.52 bits per heavy atom. The third kappa shape index (κ3) is 3.99. The minimum Gasteiger partial charge on any atom is -0.286 e. The van der Waals surface area contributed by atoms with Crippen LogP contribution in [0, 0.1) is 11.6 Å². The molecule has 3 heterocycles. The molecule has 3 atom stereocenters. The highest BCUT2D eigenvalue weighted by molar-refractivity contribution is 5.94. The van der Waals surface area contributed by atoms with E-state index in [1.165, 1.54) is 6.07 Å². The van der Waals surface area contributed by atoms with Gasteiger partial charge in [0.25, 0.3) is 6.17 Å². The SMILES string of the molecule is C=CC1C(C2N(c3ccccc3)C(C)=CC(C)=[N+]2c2ccccc2)c2cc(F)cc(F)c2-c2c3ccccc3cc[n+]21. The Labute approximate surface area is 244 Å². The number of anilines is 1. The molecular weight excluding hydrogens is 524 g/mol. The summed E-state index contributed by atoms with van der Waals surface area (Å²) in [6.07, 6.45) is 5.74. The zero-order valence-electron chi connectivity index (χ0n) is 23.6. The van der Waals surface area contributed by atoms with Gasteiger partial charge in [0.2, 0.25) is 11.4 Å². The highest BCUT2D eigenvalue weighted by Crippen LogP contribution is 2.48. The number of rotatable bonds is 4. The number of hydrogen-bond acceptors (Lipinski definition) is 1. The highest BCUT2D eigenvalue weighted by Gasteiger charge is 2.53. The fraction of sp³-hybridized carbons (Fsp3) is 0.135. The first kappa shape index (κ1) is 26.0. The molecule has 0 aliphatic carbocycles. The van der Waals surface area contributed by atoms with E-state index in [1.54, 1.807) is 0 Å². The minimum atomic E-state index is -0.589. The quantitative estimate of drug-likeness (QED) is 0.160. The average molecular weight is 556 g/mol. The lowest BCUT2D eigenvalue weighted by molar-refractivity contribution is -0.711. The summed E-state index contributed by atoms with van der Waals surface area (Å²) >= 11 is 0. The van der Waals surface area contributed by atoms with Crippen molar-refractivity contribution in [2.75, 3.05) is 4.90 Å². The summed E-state index contributed by atoms with van der Waals surface area (Å²) in [7, 11) is 0. The van der Waals surface area contributed by atoms with Crippen LogP contribution in [0.1, 0.15) is 31.4 Å². The van der Waals surface area contributed by atoms with Crippen LogP contribution in [0.25, 0.3) is 22.0 Å². The molecule has 206 valence electrons. The second kappa shape index (κ2) is 10.2. The summed E-state index contributed by atoms with van der Waals surface area (Å²) in [5, 5.41) is 1.91. The number of benzene rings is 4. The molecule has 0 radical (unpaired) electrons. The van der Waals surface area contributed by atoms with Crippen LogP contribution in [0.15, 0.2) is 134 Å². The van der Waals surface area contributed by atoms with E-state index in [0.717, 1.165) is 45.3 Å². The van der Waals surface area contributed by atoms with Crippen molar-refractivity contribution in [3.63, 3.8) is 0 Å². The maximum atomic E-state index is 16.2. The first-order valence-corrected chi connectivity index (χ1v) is 14.2. The molecule has 5 aromatic rings. The Hall–Kier alpha value is -4.90. The van der Waals surface area contributed by atoms with Gasteiger partial charge >= 0.3 is 0 Å². The van der Waals surface area contributed by atoms with Crippen molar-refractivity contribution >= 4 is 27.9 Å². The summed E-state index contributed by atoms with van der Waals surface area (Å²) in [4.78, 5) is 2.29. The molecule has 0 saturated heterocycles. The molecule has 0 bridgehead atoms. The summed E-state index contributed by atoms with van der Waals surface area (Å²) < 4.78 is 35.9. The van der Waals surface area contributed by atoms with Crippen LogP contribution in [0.3, 0.4) is 0 Å². The number of para-hydroxylation sites is 2. The van der Waals surface area contributed by atoms with E-state index in [1.807, 2.05) is 72.9 Å². The molecule has 2 aliphatic heterocycles. The lowest BCUT2D eigenvalue weighted by Gasteiger charge is -2.41. The standard InChI is InChI=1S/C37H31F2N3/c1-4-33-35(31-22-27(38)23-32(39)34(31)36-30-18-12-11-13-26(30)19-20-40(33)36)37-41(28-14-7-5-8-15-28)24(2)21-25(3)42(37)29-16-9-6-10-17-29/h4-23,33,35,37H,1H2,2-3H3/q+2. The molecule has 5 heteroatoms. The van der Waals surface area contributed by atoms with Crippen LogP contribution in [-0.4, -0.2) is 16.5 Å². The highest BCUT2D eigenvalue weighted by atomic mass is 19.1. The Bertz CT molecular complexity index is 1910. The molecule has 3 nitrogen and oxygen atoms in total. The Balaban J connectivity index is 1.58. The summed E-state index contributed by atoms with van der Waals surface area (Å²) in [6, 6.07) is 32.7. The lowest BCUT2D eigenvalue weighted by atomic mass is 9.78. The van der Waals surface area contributed by atoms with E-state index in [9.17, 15) is 0 Å². The minimum absolute atomic E-state index is 0.306. The Morgan fingerprint density at radius 1 is 0.833 bits per heavy atom. The average Bonchev–Trinajstić information content (AvgIpc) is 3.00. The fourth-order valence-electron chi connectivity index (χ4n) is 6.99. The first-order valence-electron chi connectivity index (χ1n) is 14.2. The van der Waals surface area contributed by atoms with Crippen molar-refractivity contribution in [3.8, 4) is 11.3 Å². The van der Waals surface area contributed by atoms with Crippen LogP contribution < -0.4 is 9.47 Å². The predicted octanol–water partition coefficient (Wildman–Crippen LogP) is 8.45. The molecule has 0 spiro atoms. The number of nitrogens with zero attached hydrogens (tertiary/aromatic N) is 3. The van der Waals surface area contributed by atoms with E-state index in [0.29, 0.717) is 11.1 Å². The van der Waals surface area contributed by atoms with Gasteiger partial charge in [0.15, 0.2) is 18.0 Å². The number of hydrogen-bond donors (Lipinski definition) is 0. The third-order valence-corrected chi connectivity index (χ3v) is 8.60. The van der Waals surface area contributed by atoms with Crippen molar-refractivity contribution in [3.05, 3.63) is 151 Å². The molecule has 3 unspecified atom stereocenters. The maximum Gasteiger partial charge on any atom is 0.252 e. The van der Waals surface area contributed by atoms with Crippen molar-refractivity contribution in [2.45, 2.75) is 32.0 Å². The molecule has 2 aliphatic rings. The van der Waals surface area contributed by atoms with Crippen molar-refractivity contribution < 1.29 is 17.9 Å². The van der Waals surface area contributed by atoms with Crippen molar-refractivity contribution in [2.24, 2.45) is 0 Å². The van der Waals surface area contributed by atoms with Gasteiger partial charge in [-0.2, -0.15) is 9.14 Å². The van der Waals surface area contributed by atoms with Crippen LogP contribution in [0.4, 0.5) is 20.2 Å². The normalized spacial score (nSPS) is 19.8. The molecular formula is C37H31F2N3+2. The molecule has 1 aromatic heterocycles. The van der Waals surface area contributed by atoms with Gasteiger partial charge in [-0.15, -0.1) is 0 Å². The topological polar surface area (TPSA) is 10.1 Å². The van der Waals surface area contributed by atoms with E-state index >= 15 is 8.78 Å². The van der Waals surface area contributed by atoms with E-state index < -0.39 is 17.6 Å². The molecule has 0 saturated carbocycles. The van der Waals surface area contributed by atoms with Crippen molar-refractivity contribution in [1.82, 2.24) is 0 Å². The van der Waals surface area contributed by atoms with Crippen LogP contribution in [0.5, 0.6) is 0 Å². The lowest BCUT2D eigenvalue weighted by Crippen LogP contribution is -2.57. The number of fused-ring (bicyclic) bond motifs is 5. The van der Waals surface area contributed by atoms with Crippen LogP contribution in [-0.2, 0) is 0 Å². The molecule has 0 N–H and O–H groups in total. The first-order chi connectivity index (χ1) is 20.5. The monoisotopic (exact) mass is 555 g/mol. The summed E-state index contributed by atoms with van der Waals surface area (Å²) in [5.74, 6) is -1.56. The number of pyridine rings is 1. The van der Waals surface area contributed by atoms with Gasteiger partial charge in [-0.1, -0.05) is 61.2 Å². The zero-order chi connectivity index (χ0) is 29.0. The predicted molar refractivity (Wildman–Crippen MR) is 165 cm³/mol. The van der Waals surface area contributed by atoms with Gasteiger partial charge in [-0.05, 0) is 48.2 Å². The second-order valence-electron chi connectivity index (χ2n) is 11.0. The fourth-order valence-corrected chi connectivity index (χ4v) is 6.99. The van der Waals surface area contributed by atoms with Gasteiger partial charge in [-0.3, -0.25) is 4.90 Å². The summed E-state index contributed by atoms with van der Waals surface area (Å²) in [5.41, 5.74) is 5.90. The van der Waals surface area contributed by atoms with Gasteiger partial charge in [0, 0.05) is 48.6 Å². The Morgan fingerprint density at radius 3 is 2.26 bits per heavy atom. The van der Waals surface area contributed by atoms with Gasteiger partial charge in [-0.25, -0.2) is 8.78 Å². The number of aromatic nitrogens is 1. The Kier molecular flexibility index (Phi) is 6.31. The smallest absolute Gasteiger partial charge is 0.252 e. The molecule has 0 fully saturated rings. The van der Waals surface area contributed by atoms with E-state index in [4.69, 9.17) is 0 Å². The number of allylic oxidation sites excluding steroid dienone is 3. The summed E-state index contributed by atoms with van der Waals surface area (Å²) in [6.45, 7) is 8.49. The molecule has 4 aromatic carbocycles. The van der Waals surface area contributed by atoms with Gasteiger partial charge in [0.1, 0.15) is 17.6 Å². The molecule has 42 heavy (non-hydrogen) atoms. The zero-order valence-corrected chi connectivity index (χ0v) is 23.6. The van der Waals surface area contributed by atoms with E-state index in [2.05, 4.69) is 70.9 Å². The third-order valence-electron chi connectivity index (χ3n) is 8.60. The van der Waals surface area contributed by atoms with Gasteiger partial charge in [0.05, 0.1) is 10.9 Å². The van der Waals surface area contributed by atoms with Crippen LogP contribution >= 0.6 is 0 Å². The second-order valence-corrected chi connectivity index (χ2v) is 11.0. The van der Waals surface area contributed by atoms with E-state index in [-0.39, 0.29) is 12.2 Å². The maximum absolute atomic E-state index is 16.2. The van der Waals surface area contributed by atoms with Crippen LogP contribution in [0.2, 0.25) is 0 Å². The number of halogens is 2. The molecule has 7 rings (SSSR count). The van der Waals surface area contributed by atoms with Gasteiger partial charge < -0.3 is 0 Å². The molecule has 0 amide bonds. The van der Waals surface area contributed by atoms with Crippen molar-refractivity contribution in [1.29, 1.82) is 0 Å². The largest absolute Gasteiger partial charge is 0.286 e.